The Bertz CT molecular complexity index is 694. The SMILES string of the molecule is CC(C)[C@@H]1OC(=O)c2c(OCc3ccccc3)cccc2[C@@H]1O. The van der Waals surface area contributed by atoms with Crippen molar-refractivity contribution >= 4 is 5.97 Å². The quantitative estimate of drug-likeness (QED) is 0.878. The van der Waals surface area contributed by atoms with Crippen molar-refractivity contribution < 1.29 is 19.4 Å². The molecule has 0 bridgehead atoms. The van der Waals surface area contributed by atoms with E-state index in [1.54, 1.807) is 18.2 Å². The van der Waals surface area contributed by atoms with Crippen LogP contribution >= 0.6 is 0 Å². The molecular weight excluding hydrogens is 292 g/mol. The second-order valence-electron chi connectivity index (χ2n) is 6.05. The van der Waals surface area contributed by atoms with E-state index in [4.69, 9.17) is 9.47 Å². The summed E-state index contributed by atoms with van der Waals surface area (Å²) in [5.41, 5.74) is 1.91. The number of aliphatic hydroxyl groups excluding tert-OH is 1. The molecule has 0 fully saturated rings. The van der Waals surface area contributed by atoms with Crippen LogP contribution in [0.3, 0.4) is 0 Å². The van der Waals surface area contributed by atoms with E-state index in [2.05, 4.69) is 0 Å². The third-order valence-corrected chi connectivity index (χ3v) is 4.03. The molecule has 2 aromatic rings. The molecule has 0 amide bonds. The number of esters is 1. The van der Waals surface area contributed by atoms with Crippen molar-refractivity contribution in [1.82, 2.24) is 0 Å². The van der Waals surface area contributed by atoms with Gasteiger partial charge < -0.3 is 14.6 Å². The summed E-state index contributed by atoms with van der Waals surface area (Å²) in [5, 5.41) is 10.5. The molecule has 2 atom stereocenters. The van der Waals surface area contributed by atoms with Crippen molar-refractivity contribution in [3.8, 4) is 5.75 Å². The van der Waals surface area contributed by atoms with E-state index in [-0.39, 0.29) is 5.92 Å². The van der Waals surface area contributed by atoms with E-state index in [1.165, 1.54) is 0 Å². The first kappa shape index (κ1) is 15.6. The highest BCUT2D eigenvalue weighted by molar-refractivity contribution is 5.95. The Labute approximate surface area is 135 Å². The lowest BCUT2D eigenvalue weighted by Gasteiger charge is -2.32. The summed E-state index contributed by atoms with van der Waals surface area (Å²) in [4.78, 5) is 12.4. The predicted octanol–water partition coefficient (Wildman–Crippen LogP) is 3.49. The highest BCUT2D eigenvalue weighted by Crippen LogP contribution is 2.37. The largest absolute Gasteiger partial charge is 0.488 e. The maximum Gasteiger partial charge on any atom is 0.342 e. The normalized spacial score (nSPS) is 20.1. The van der Waals surface area contributed by atoms with Gasteiger partial charge in [-0.25, -0.2) is 4.79 Å². The zero-order chi connectivity index (χ0) is 16.4. The molecule has 0 aliphatic carbocycles. The summed E-state index contributed by atoms with van der Waals surface area (Å²) in [5.74, 6) is 0.0428. The van der Waals surface area contributed by atoms with Crippen LogP contribution < -0.4 is 4.74 Å². The zero-order valence-electron chi connectivity index (χ0n) is 13.2. The lowest BCUT2D eigenvalue weighted by Crippen LogP contribution is -2.36. The van der Waals surface area contributed by atoms with Gasteiger partial charge in [-0.3, -0.25) is 0 Å². The second-order valence-corrected chi connectivity index (χ2v) is 6.05. The summed E-state index contributed by atoms with van der Waals surface area (Å²) < 4.78 is 11.2. The first-order valence-corrected chi connectivity index (χ1v) is 7.76. The molecule has 3 rings (SSSR count). The van der Waals surface area contributed by atoms with Gasteiger partial charge in [-0.2, -0.15) is 0 Å². The fourth-order valence-electron chi connectivity index (χ4n) is 2.79. The monoisotopic (exact) mass is 312 g/mol. The maximum absolute atomic E-state index is 12.4. The van der Waals surface area contributed by atoms with Crippen molar-refractivity contribution in [1.29, 1.82) is 0 Å². The number of ether oxygens (including phenoxy) is 2. The molecule has 0 saturated carbocycles. The first-order valence-electron chi connectivity index (χ1n) is 7.76. The number of carbonyl (C=O) groups excluding carboxylic acids is 1. The Balaban J connectivity index is 1.88. The number of aliphatic hydroxyl groups is 1. The summed E-state index contributed by atoms with van der Waals surface area (Å²) >= 11 is 0. The average molecular weight is 312 g/mol. The van der Waals surface area contributed by atoms with Gasteiger partial charge in [0.1, 0.15) is 30.1 Å². The minimum absolute atomic E-state index is 0.0380. The molecule has 1 aliphatic heterocycles. The Morgan fingerprint density at radius 1 is 1.13 bits per heavy atom. The van der Waals surface area contributed by atoms with Crippen LogP contribution in [0.5, 0.6) is 5.75 Å². The van der Waals surface area contributed by atoms with Gasteiger partial charge in [0, 0.05) is 5.56 Å². The predicted molar refractivity (Wildman–Crippen MR) is 86.2 cm³/mol. The van der Waals surface area contributed by atoms with Crippen molar-refractivity contribution in [2.24, 2.45) is 5.92 Å². The van der Waals surface area contributed by atoms with Gasteiger partial charge in [0.05, 0.1) is 0 Å². The van der Waals surface area contributed by atoms with Crippen molar-refractivity contribution in [2.75, 3.05) is 0 Å². The molecule has 0 spiro atoms. The van der Waals surface area contributed by atoms with Crippen molar-refractivity contribution in [3.63, 3.8) is 0 Å². The fraction of sp³-hybridized carbons (Fsp3) is 0.316. The van der Waals surface area contributed by atoms with E-state index < -0.39 is 18.2 Å². The molecule has 23 heavy (non-hydrogen) atoms. The molecule has 0 radical (unpaired) electrons. The van der Waals surface area contributed by atoms with Crippen molar-refractivity contribution in [2.45, 2.75) is 32.7 Å². The van der Waals surface area contributed by atoms with Crippen LogP contribution in [0.4, 0.5) is 0 Å². The Hall–Kier alpha value is -2.33. The van der Waals surface area contributed by atoms with E-state index in [0.717, 1.165) is 5.56 Å². The van der Waals surface area contributed by atoms with E-state index in [1.807, 2.05) is 44.2 Å². The molecule has 0 aromatic heterocycles. The Morgan fingerprint density at radius 3 is 2.57 bits per heavy atom. The van der Waals surface area contributed by atoms with Crippen LogP contribution in [0.2, 0.25) is 0 Å². The minimum atomic E-state index is -0.831. The zero-order valence-corrected chi connectivity index (χ0v) is 13.2. The molecule has 1 aliphatic rings. The second kappa shape index (κ2) is 6.42. The number of hydrogen-bond donors (Lipinski definition) is 1. The molecular formula is C19H20O4. The minimum Gasteiger partial charge on any atom is -0.488 e. The van der Waals surface area contributed by atoms with Crippen LogP contribution in [0.15, 0.2) is 48.5 Å². The van der Waals surface area contributed by atoms with Gasteiger partial charge in [-0.05, 0) is 17.5 Å². The number of fused-ring (bicyclic) bond motifs is 1. The van der Waals surface area contributed by atoms with Gasteiger partial charge in [0.25, 0.3) is 0 Å². The number of benzene rings is 2. The van der Waals surface area contributed by atoms with Gasteiger partial charge in [-0.15, -0.1) is 0 Å². The maximum atomic E-state index is 12.4. The average Bonchev–Trinajstić information content (AvgIpc) is 2.56. The molecule has 0 unspecified atom stereocenters. The van der Waals surface area contributed by atoms with E-state index >= 15 is 0 Å². The Morgan fingerprint density at radius 2 is 1.87 bits per heavy atom. The third-order valence-electron chi connectivity index (χ3n) is 4.03. The molecule has 1 N–H and O–H groups in total. The standard InChI is InChI=1S/C19H20O4/c1-12(2)18-17(20)14-9-6-10-15(16(14)19(21)23-18)22-11-13-7-4-3-5-8-13/h3-10,12,17-18,20H,11H2,1-2H3/t17-,18-/m0/s1. The highest BCUT2D eigenvalue weighted by Gasteiger charge is 2.38. The lowest BCUT2D eigenvalue weighted by atomic mass is 9.90. The fourth-order valence-corrected chi connectivity index (χ4v) is 2.79. The molecule has 120 valence electrons. The van der Waals surface area contributed by atoms with Crippen LogP contribution in [0.25, 0.3) is 0 Å². The van der Waals surface area contributed by atoms with E-state index in [0.29, 0.717) is 23.5 Å². The van der Waals surface area contributed by atoms with E-state index in [9.17, 15) is 9.90 Å². The van der Waals surface area contributed by atoms with Crippen LogP contribution in [0.1, 0.15) is 41.4 Å². The lowest BCUT2D eigenvalue weighted by molar-refractivity contribution is -0.0482. The number of hydrogen-bond acceptors (Lipinski definition) is 4. The summed E-state index contributed by atoms with van der Waals surface area (Å²) in [6, 6.07) is 15.0. The molecule has 1 heterocycles. The number of rotatable bonds is 4. The smallest absolute Gasteiger partial charge is 0.342 e. The van der Waals surface area contributed by atoms with Crippen LogP contribution in [-0.2, 0) is 11.3 Å². The van der Waals surface area contributed by atoms with Crippen LogP contribution in [-0.4, -0.2) is 17.2 Å². The molecule has 4 heteroatoms. The topological polar surface area (TPSA) is 55.8 Å². The van der Waals surface area contributed by atoms with Gasteiger partial charge in [0.15, 0.2) is 0 Å². The van der Waals surface area contributed by atoms with Crippen molar-refractivity contribution in [3.05, 3.63) is 65.2 Å². The Kier molecular flexibility index (Phi) is 4.35. The molecule has 0 saturated heterocycles. The van der Waals surface area contributed by atoms with Gasteiger partial charge >= 0.3 is 5.97 Å². The first-order chi connectivity index (χ1) is 11.1. The molecule has 2 aromatic carbocycles. The summed E-state index contributed by atoms with van der Waals surface area (Å²) in [6.07, 6.45) is -1.36. The summed E-state index contributed by atoms with van der Waals surface area (Å²) in [6.45, 7) is 4.19. The highest BCUT2D eigenvalue weighted by atomic mass is 16.6. The third kappa shape index (κ3) is 3.08. The van der Waals surface area contributed by atoms with Crippen LogP contribution in [0, 0.1) is 5.92 Å². The number of cyclic esters (lactones) is 1. The number of carbonyl (C=O) groups is 1. The van der Waals surface area contributed by atoms with Gasteiger partial charge in [-0.1, -0.05) is 56.3 Å². The molecule has 4 nitrogen and oxygen atoms in total. The summed E-state index contributed by atoms with van der Waals surface area (Å²) in [7, 11) is 0. The van der Waals surface area contributed by atoms with Gasteiger partial charge in [0.2, 0.25) is 0 Å².